The number of aryl methyl sites for hydroxylation is 1. The van der Waals surface area contributed by atoms with Crippen molar-refractivity contribution in [3.63, 3.8) is 0 Å². The number of rotatable bonds is 7. The Kier molecular flexibility index (Phi) is 6.83. The Labute approximate surface area is 134 Å². The summed E-state index contributed by atoms with van der Waals surface area (Å²) in [5.74, 6) is -0.190. The lowest BCUT2D eigenvalue weighted by atomic mass is 10.2. The van der Waals surface area contributed by atoms with Crippen molar-refractivity contribution in [1.82, 2.24) is 4.31 Å². The van der Waals surface area contributed by atoms with Crippen LogP contribution in [0, 0.1) is 6.92 Å². The van der Waals surface area contributed by atoms with Crippen LogP contribution in [0.3, 0.4) is 0 Å². The first-order valence-corrected chi connectivity index (χ1v) is 9.39. The van der Waals surface area contributed by atoms with Crippen LogP contribution in [0.5, 0.6) is 0 Å². The molecule has 0 saturated carbocycles. The fourth-order valence-electron chi connectivity index (χ4n) is 1.90. The first kappa shape index (κ1) is 18.1. The van der Waals surface area contributed by atoms with E-state index in [2.05, 4.69) is 21.2 Å². The van der Waals surface area contributed by atoms with Crippen LogP contribution in [0.15, 0.2) is 22.7 Å². The van der Waals surface area contributed by atoms with Crippen LogP contribution in [0.1, 0.15) is 25.3 Å². The normalized spacial score (nSPS) is 11.7. The van der Waals surface area contributed by atoms with Crippen LogP contribution in [0.25, 0.3) is 0 Å². The van der Waals surface area contributed by atoms with E-state index in [-0.39, 0.29) is 18.9 Å². The Morgan fingerprint density at radius 3 is 2.52 bits per heavy atom. The van der Waals surface area contributed by atoms with Gasteiger partial charge in [-0.3, -0.25) is 4.79 Å². The molecule has 1 aromatic rings. The monoisotopic (exact) mass is 376 g/mol. The predicted octanol–water partition coefficient (Wildman–Crippen LogP) is 2.76. The second kappa shape index (κ2) is 7.91. The molecule has 1 aromatic carbocycles. The first-order chi connectivity index (χ1) is 9.74. The lowest BCUT2D eigenvalue weighted by Gasteiger charge is -2.18. The third-order valence-electron chi connectivity index (χ3n) is 2.99. The van der Waals surface area contributed by atoms with Crippen molar-refractivity contribution in [3.05, 3.63) is 28.2 Å². The third-order valence-corrected chi connectivity index (χ3v) is 4.79. The SMILES string of the molecule is CCCN(CCC(=O)Nc1ccc(Br)cc1C)S(C)(=O)=O. The summed E-state index contributed by atoms with van der Waals surface area (Å²) in [5.41, 5.74) is 1.69. The number of halogens is 1. The van der Waals surface area contributed by atoms with Crippen LogP contribution >= 0.6 is 15.9 Å². The lowest BCUT2D eigenvalue weighted by Crippen LogP contribution is -2.33. The molecule has 0 unspecified atom stereocenters. The molecule has 0 heterocycles. The number of carbonyl (C=O) groups excluding carboxylic acids is 1. The van der Waals surface area contributed by atoms with E-state index in [0.717, 1.165) is 22.1 Å². The molecular formula is C14H21BrN2O3S. The van der Waals surface area contributed by atoms with E-state index >= 15 is 0 Å². The molecule has 7 heteroatoms. The fourth-order valence-corrected chi connectivity index (χ4v) is 3.31. The van der Waals surface area contributed by atoms with Crippen molar-refractivity contribution in [2.75, 3.05) is 24.7 Å². The van der Waals surface area contributed by atoms with E-state index in [9.17, 15) is 13.2 Å². The summed E-state index contributed by atoms with van der Waals surface area (Å²) in [6, 6.07) is 5.58. The van der Waals surface area contributed by atoms with Crippen molar-refractivity contribution in [1.29, 1.82) is 0 Å². The maximum absolute atomic E-state index is 11.9. The molecule has 0 saturated heterocycles. The highest BCUT2D eigenvalue weighted by molar-refractivity contribution is 9.10. The minimum Gasteiger partial charge on any atom is -0.326 e. The van der Waals surface area contributed by atoms with Gasteiger partial charge in [0.05, 0.1) is 6.26 Å². The molecule has 0 spiro atoms. The van der Waals surface area contributed by atoms with Gasteiger partial charge in [-0.05, 0) is 37.1 Å². The summed E-state index contributed by atoms with van der Waals surface area (Å²) in [6.45, 7) is 4.45. The number of amides is 1. The zero-order valence-electron chi connectivity index (χ0n) is 12.5. The largest absolute Gasteiger partial charge is 0.326 e. The number of benzene rings is 1. The lowest BCUT2D eigenvalue weighted by molar-refractivity contribution is -0.116. The molecule has 0 aliphatic heterocycles. The fraction of sp³-hybridized carbons (Fsp3) is 0.500. The predicted molar refractivity (Wildman–Crippen MR) is 88.8 cm³/mol. The summed E-state index contributed by atoms with van der Waals surface area (Å²) in [7, 11) is -3.26. The van der Waals surface area contributed by atoms with Gasteiger partial charge in [0.2, 0.25) is 15.9 Å². The maximum Gasteiger partial charge on any atom is 0.225 e. The van der Waals surface area contributed by atoms with Crippen LogP contribution in [0.4, 0.5) is 5.69 Å². The van der Waals surface area contributed by atoms with Gasteiger partial charge in [0.15, 0.2) is 0 Å². The van der Waals surface area contributed by atoms with Crippen molar-refractivity contribution < 1.29 is 13.2 Å². The van der Waals surface area contributed by atoms with Crippen molar-refractivity contribution in [2.45, 2.75) is 26.7 Å². The molecule has 0 atom stereocenters. The number of nitrogens with zero attached hydrogens (tertiary/aromatic N) is 1. The van der Waals surface area contributed by atoms with E-state index in [4.69, 9.17) is 0 Å². The maximum atomic E-state index is 11.9. The molecule has 0 aliphatic rings. The van der Waals surface area contributed by atoms with Gasteiger partial charge in [0.1, 0.15) is 0 Å². The molecule has 0 radical (unpaired) electrons. The van der Waals surface area contributed by atoms with Crippen LogP contribution in [0.2, 0.25) is 0 Å². The molecule has 0 aliphatic carbocycles. The molecular weight excluding hydrogens is 356 g/mol. The highest BCUT2D eigenvalue weighted by Crippen LogP contribution is 2.20. The molecule has 1 N–H and O–H groups in total. The van der Waals surface area contributed by atoms with Gasteiger partial charge in [-0.2, -0.15) is 0 Å². The van der Waals surface area contributed by atoms with E-state index < -0.39 is 10.0 Å². The smallest absolute Gasteiger partial charge is 0.225 e. The second-order valence-electron chi connectivity index (χ2n) is 4.92. The number of hydrogen-bond donors (Lipinski definition) is 1. The number of sulfonamides is 1. The first-order valence-electron chi connectivity index (χ1n) is 6.75. The summed E-state index contributed by atoms with van der Waals surface area (Å²) in [5, 5.41) is 2.81. The van der Waals surface area contributed by atoms with Gasteiger partial charge >= 0.3 is 0 Å². The Hall–Kier alpha value is -0.920. The second-order valence-corrected chi connectivity index (χ2v) is 7.82. The minimum absolute atomic E-state index is 0.141. The summed E-state index contributed by atoms with van der Waals surface area (Å²) in [4.78, 5) is 11.9. The van der Waals surface area contributed by atoms with Crippen molar-refractivity contribution in [2.24, 2.45) is 0 Å². The molecule has 1 amide bonds. The molecule has 0 bridgehead atoms. The summed E-state index contributed by atoms with van der Waals surface area (Å²) >= 11 is 3.37. The number of anilines is 1. The standard InChI is InChI=1S/C14H21BrN2O3S/c1-4-8-17(21(3,19)20)9-7-14(18)16-13-6-5-12(15)10-11(13)2/h5-6,10H,4,7-9H2,1-3H3,(H,16,18). The van der Waals surface area contributed by atoms with Gasteiger partial charge in [-0.15, -0.1) is 0 Å². The van der Waals surface area contributed by atoms with Crippen LogP contribution in [-0.4, -0.2) is 38.0 Å². The highest BCUT2D eigenvalue weighted by Gasteiger charge is 2.16. The molecule has 0 fully saturated rings. The number of carbonyl (C=O) groups is 1. The zero-order chi connectivity index (χ0) is 16.0. The Balaban J connectivity index is 2.61. The average molecular weight is 377 g/mol. The molecule has 5 nitrogen and oxygen atoms in total. The molecule has 118 valence electrons. The zero-order valence-corrected chi connectivity index (χ0v) is 14.9. The van der Waals surface area contributed by atoms with E-state index in [1.54, 1.807) is 0 Å². The number of hydrogen-bond acceptors (Lipinski definition) is 3. The molecule has 21 heavy (non-hydrogen) atoms. The highest BCUT2D eigenvalue weighted by atomic mass is 79.9. The summed E-state index contributed by atoms with van der Waals surface area (Å²) in [6.07, 6.45) is 2.03. The minimum atomic E-state index is -3.26. The number of nitrogens with one attached hydrogen (secondary N) is 1. The third kappa shape index (κ3) is 6.15. The Morgan fingerprint density at radius 1 is 1.33 bits per heavy atom. The van der Waals surface area contributed by atoms with E-state index in [0.29, 0.717) is 6.54 Å². The quantitative estimate of drug-likeness (QED) is 0.795. The van der Waals surface area contributed by atoms with Gasteiger partial charge in [-0.25, -0.2) is 12.7 Å². The van der Waals surface area contributed by atoms with Gasteiger partial charge < -0.3 is 5.32 Å². The van der Waals surface area contributed by atoms with Gasteiger partial charge in [0.25, 0.3) is 0 Å². The van der Waals surface area contributed by atoms with Gasteiger partial charge in [0, 0.05) is 29.7 Å². The van der Waals surface area contributed by atoms with Crippen molar-refractivity contribution in [3.8, 4) is 0 Å². The molecule has 0 aromatic heterocycles. The Morgan fingerprint density at radius 2 is 2.00 bits per heavy atom. The van der Waals surface area contributed by atoms with Crippen LogP contribution in [-0.2, 0) is 14.8 Å². The van der Waals surface area contributed by atoms with E-state index in [1.165, 1.54) is 10.6 Å². The van der Waals surface area contributed by atoms with Gasteiger partial charge in [-0.1, -0.05) is 22.9 Å². The van der Waals surface area contributed by atoms with Crippen molar-refractivity contribution >= 4 is 37.5 Å². The Bertz CT molecular complexity index is 602. The topological polar surface area (TPSA) is 66.5 Å². The average Bonchev–Trinajstić information content (AvgIpc) is 2.36. The summed E-state index contributed by atoms with van der Waals surface area (Å²) < 4.78 is 25.4. The van der Waals surface area contributed by atoms with Crippen LogP contribution < -0.4 is 5.32 Å². The molecule has 1 rings (SSSR count). The van der Waals surface area contributed by atoms with E-state index in [1.807, 2.05) is 32.0 Å².